The van der Waals surface area contributed by atoms with Gasteiger partial charge < -0.3 is 15.0 Å². The minimum Gasteiger partial charge on any atom is -0.481 e. The number of fused-ring (bicyclic) bond motifs is 1. The SMILES string of the molecule is COc1ccc(CNc2nc(CN(C)C)nc3scc(-c4ccccc4)c23)cn1. The summed E-state index contributed by atoms with van der Waals surface area (Å²) in [5.74, 6) is 2.26. The molecule has 0 aliphatic rings. The van der Waals surface area contributed by atoms with Crippen LogP contribution in [0.2, 0.25) is 0 Å². The lowest BCUT2D eigenvalue weighted by molar-refractivity contribution is 0.391. The average Bonchev–Trinajstić information content (AvgIpc) is 3.16. The Morgan fingerprint density at radius 1 is 1.07 bits per heavy atom. The number of methoxy groups -OCH3 is 1. The molecule has 1 N–H and O–H groups in total. The topological polar surface area (TPSA) is 63.2 Å². The molecule has 148 valence electrons. The van der Waals surface area contributed by atoms with Crippen molar-refractivity contribution in [1.82, 2.24) is 19.9 Å². The van der Waals surface area contributed by atoms with Crippen LogP contribution >= 0.6 is 11.3 Å². The van der Waals surface area contributed by atoms with E-state index >= 15 is 0 Å². The van der Waals surface area contributed by atoms with Crippen LogP contribution in [0.5, 0.6) is 5.88 Å². The first-order chi connectivity index (χ1) is 14.1. The summed E-state index contributed by atoms with van der Waals surface area (Å²) in [7, 11) is 5.66. The molecule has 29 heavy (non-hydrogen) atoms. The number of thiophene rings is 1. The molecule has 0 bridgehead atoms. The highest BCUT2D eigenvalue weighted by molar-refractivity contribution is 7.17. The lowest BCUT2D eigenvalue weighted by Gasteiger charge is -2.13. The standard InChI is InChI=1S/C22H23N5OS/c1-27(2)13-18-25-21(24-12-15-9-10-19(28-3)23-11-15)20-17(14-29-22(20)26-18)16-7-5-4-6-8-16/h4-11,14H,12-13H2,1-3H3,(H,24,25,26). The van der Waals surface area contributed by atoms with Crippen LogP contribution in [0, 0.1) is 0 Å². The molecule has 1 aromatic carbocycles. The van der Waals surface area contributed by atoms with E-state index in [4.69, 9.17) is 14.7 Å². The van der Waals surface area contributed by atoms with E-state index in [1.165, 1.54) is 0 Å². The maximum atomic E-state index is 5.14. The molecule has 0 aliphatic carbocycles. The van der Waals surface area contributed by atoms with Gasteiger partial charge in [-0.2, -0.15) is 0 Å². The molecule has 4 aromatic rings. The molecule has 0 atom stereocenters. The van der Waals surface area contributed by atoms with E-state index in [0.29, 0.717) is 19.0 Å². The first kappa shape index (κ1) is 19.3. The third-order valence-electron chi connectivity index (χ3n) is 4.49. The van der Waals surface area contributed by atoms with Crippen molar-refractivity contribution in [3.63, 3.8) is 0 Å². The van der Waals surface area contributed by atoms with Gasteiger partial charge in [0, 0.05) is 29.8 Å². The highest BCUT2D eigenvalue weighted by Gasteiger charge is 2.15. The van der Waals surface area contributed by atoms with E-state index in [-0.39, 0.29) is 0 Å². The van der Waals surface area contributed by atoms with Crippen LogP contribution in [-0.2, 0) is 13.1 Å². The van der Waals surface area contributed by atoms with Gasteiger partial charge in [0.15, 0.2) is 0 Å². The van der Waals surface area contributed by atoms with Crippen molar-refractivity contribution in [1.29, 1.82) is 0 Å². The predicted molar refractivity (Wildman–Crippen MR) is 118 cm³/mol. The Balaban J connectivity index is 1.72. The van der Waals surface area contributed by atoms with Crippen molar-refractivity contribution >= 4 is 27.4 Å². The third kappa shape index (κ3) is 4.36. The second-order valence-electron chi connectivity index (χ2n) is 6.98. The maximum Gasteiger partial charge on any atom is 0.212 e. The molecule has 0 amide bonds. The molecule has 0 spiro atoms. The van der Waals surface area contributed by atoms with Crippen LogP contribution < -0.4 is 10.1 Å². The smallest absolute Gasteiger partial charge is 0.212 e. The Bertz CT molecular complexity index is 1090. The van der Waals surface area contributed by atoms with Gasteiger partial charge in [-0.1, -0.05) is 36.4 Å². The third-order valence-corrected chi connectivity index (χ3v) is 5.36. The molecule has 0 aliphatic heterocycles. The second kappa shape index (κ2) is 8.55. The number of nitrogens with one attached hydrogen (secondary N) is 1. The number of benzene rings is 1. The molecule has 3 aromatic heterocycles. The summed E-state index contributed by atoms with van der Waals surface area (Å²) in [4.78, 5) is 17.0. The number of anilines is 1. The van der Waals surface area contributed by atoms with Crippen LogP contribution in [0.3, 0.4) is 0 Å². The molecule has 0 unspecified atom stereocenters. The van der Waals surface area contributed by atoms with Gasteiger partial charge in [0.1, 0.15) is 16.5 Å². The molecular weight excluding hydrogens is 382 g/mol. The van der Waals surface area contributed by atoms with Crippen molar-refractivity contribution < 1.29 is 4.74 Å². The summed E-state index contributed by atoms with van der Waals surface area (Å²) in [6.07, 6.45) is 1.82. The summed E-state index contributed by atoms with van der Waals surface area (Å²) in [5, 5.41) is 6.73. The first-order valence-electron chi connectivity index (χ1n) is 9.35. The fourth-order valence-electron chi connectivity index (χ4n) is 3.12. The summed E-state index contributed by atoms with van der Waals surface area (Å²) < 4.78 is 5.14. The summed E-state index contributed by atoms with van der Waals surface area (Å²) in [5.41, 5.74) is 3.37. The quantitative estimate of drug-likeness (QED) is 0.491. The van der Waals surface area contributed by atoms with Gasteiger partial charge in [0.25, 0.3) is 0 Å². The minimum atomic E-state index is 0.607. The second-order valence-corrected chi connectivity index (χ2v) is 7.84. The van der Waals surface area contributed by atoms with Gasteiger partial charge in [-0.25, -0.2) is 15.0 Å². The van der Waals surface area contributed by atoms with Crippen LogP contribution in [0.4, 0.5) is 5.82 Å². The zero-order valence-corrected chi connectivity index (χ0v) is 17.5. The van der Waals surface area contributed by atoms with Crippen molar-refractivity contribution in [2.45, 2.75) is 13.1 Å². The van der Waals surface area contributed by atoms with E-state index in [9.17, 15) is 0 Å². The van der Waals surface area contributed by atoms with Crippen LogP contribution in [0.1, 0.15) is 11.4 Å². The number of nitrogens with zero attached hydrogens (tertiary/aromatic N) is 4. The van der Waals surface area contributed by atoms with E-state index in [1.807, 2.05) is 38.5 Å². The van der Waals surface area contributed by atoms with E-state index in [0.717, 1.165) is 38.5 Å². The molecule has 3 heterocycles. The van der Waals surface area contributed by atoms with Gasteiger partial charge in [0.2, 0.25) is 5.88 Å². The Hall–Kier alpha value is -3.03. The molecule has 0 radical (unpaired) electrons. The highest BCUT2D eigenvalue weighted by atomic mass is 32.1. The van der Waals surface area contributed by atoms with Gasteiger partial charge in [-0.15, -0.1) is 11.3 Å². The van der Waals surface area contributed by atoms with Gasteiger partial charge in [0.05, 0.1) is 19.0 Å². The van der Waals surface area contributed by atoms with Gasteiger partial charge >= 0.3 is 0 Å². The van der Waals surface area contributed by atoms with Crippen molar-refractivity contribution in [2.24, 2.45) is 0 Å². The van der Waals surface area contributed by atoms with Crippen molar-refractivity contribution in [3.05, 3.63) is 65.4 Å². The molecule has 7 heteroatoms. The number of ether oxygens (including phenoxy) is 1. The average molecular weight is 406 g/mol. The summed E-state index contributed by atoms with van der Waals surface area (Å²) in [6, 6.07) is 14.2. The minimum absolute atomic E-state index is 0.607. The van der Waals surface area contributed by atoms with E-state index < -0.39 is 0 Å². The normalized spacial score (nSPS) is 11.2. The van der Waals surface area contributed by atoms with Gasteiger partial charge in [-0.3, -0.25) is 0 Å². The van der Waals surface area contributed by atoms with Crippen LogP contribution in [-0.4, -0.2) is 41.1 Å². The predicted octanol–water partition coefficient (Wildman–Crippen LogP) is 4.44. The monoisotopic (exact) mass is 405 g/mol. The molecule has 6 nitrogen and oxygen atoms in total. The Morgan fingerprint density at radius 2 is 1.90 bits per heavy atom. The summed E-state index contributed by atoms with van der Waals surface area (Å²) >= 11 is 1.65. The number of rotatable bonds is 7. The van der Waals surface area contributed by atoms with Gasteiger partial charge in [-0.05, 0) is 25.2 Å². The van der Waals surface area contributed by atoms with Crippen LogP contribution in [0.25, 0.3) is 21.3 Å². The highest BCUT2D eigenvalue weighted by Crippen LogP contribution is 2.37. The number of aromatic nitrogens is 3. The molecule has 0 saturated heterocycles. The molecular formula is C22H23N5OS. The van der Waals surface area contributed by atoms with E-state index in [1.54, 1.807) is 18.4 Å². The zero-order valence-electron chi connectivity index (χ0n) is 16.7. The Kier molecular flexibility index (Phi) is 5.69. The van der Waals surface area contributed by atoms with Crippen LogP contribution in [0.15, 0.2) is 54.0 Å². The maximum absolute atomic E-state index is 5.14. The van der Waals surface area contributed by atoms with Crippen molar-refractivity contribution in [2.75, 3.05) is 26.5 Å². The fraction of sp³-hybridized carbons (Fsp3) is 0.227. The largest absolute Gasteiger partial charge is 0.481 e. The lowest BCUT2D eigenvalue weighted by atomic mass is 10.1. The Morgan fingerprint density at radius 3 is 2.59 bits per heavy atom. The fourth-order valence-corrected chi connectivity index (χ4v) is 4.09. The number of pyridine rings is 1. The summed E-state index contributed by atoms with van der Waals surface area (Å²) in [6.45, 7) is 1.31. The Labute approximate surface area is 174 Å². The number of hydrogen-bond donors (Lipinski definition) is 1. The molecule has 0 fully saturated rings. The number of hydrogen-bond acceptors (Lipinski definition) is 7. The van der Waals surface area contributed by atoms with Crippen molar-refractivity contribution in [3.8, 4) is 17.0 Å². The lowest BCUT2D eigenvalue weighted by Crippen LogP contribution is -2.14. The zero-order chi connectivity index (χ0) is 20.2. The first-order valence-corrected chi connectivity index (χ1v) is 10.2. The van der Waals surface area contributed by atoms with E-state index in [2.05, 4.69) is 44.8 Å². The molecule has 4 rings (SSSR count). The molecule has 0 saturated carbocycles.